The number of carbonyl (C=O) groups excluding carboxylic acids is 2. The van der Waals surface area contributed by atoms with Crippen LogP contribution >= 0.6 is 11.3 Å². The van der Waals surface area contributed by atoms with Crippen molar-refractivity contribution in [3.05, 3.63) is 39.7 Å². The van der Waals surface area contributed by atoms with Crippen molar-refractivity contribution in [1.29, 1.82) is 0 Å². The van der Waals surface area contributed by atoms with Crippen molar-refractivity contribution in [2.75, 3.05) is 5.32 Å². The molecule has 0 spiro atoms. The monoisotopic (exact) mass is 409 g/mol. The number of amides is 2. The van der Waals surface area contributed by atoms with E-state index in [4.69, 9.17) is 0 Å². The molecule has 2 aliphatic rings. The smallest absolute Gasteiger partial charge is 0.345 e. The zero-order valence-corrected chi connectivity index (χ0v) is 15.8. The van der Waals surface area contributed by atoms with Crippen LogP contribution in [0.2, 0.25) is 0 Å². The summed E-state index contributed by atoms with van der Waals surface area (Å²) in [6.07, 6.45) is 5.39. The van der Waals surface area contributed by atoms with Crippen LogP contribution in [0.15, 0.2) is 29.3 Å². The first-order chi connectivity index (χ1) is 14.0. The van der Waals surface area contributed by atoms with Crippen molar-refractivity contribution in [2.45, 2.75) is 25.3 Å². The number of hydrogen-bond donors (Lipinski definition) is 3. The second-order valence-corrected chi connectivity index (χ2v) is 7.92. The number of thiophene rings is 1. The van der Waals surface area contributed by atoms with E-state index in [0.717, 1.165) is 30.0 Å². The van der Waals surface area contributed by atoms with Crippen molar-refractivity contribution in [2.24, 2.45) is 0 Å². The molecule has 1 saturated heterocycles. The Morgan fingerprint density at radius 2 is 2.17 bits per heavy atom. The third-order valence-corrected chi connectivity index (χ3v) is 5.68. The number of nitrogens with zero attached hydrogens (tertiary/aromatic N) is 3. The molecule has 2 amide bonds. The van der Waals surface area contributed by atoms with Crippen molar-refractivity contribution in [3.63, 3.8) is 0 Å². The molecular weight excluding hydrogens is 394 g/mol. The average Bonchev–Trinajstić information content (AvgIpc) is 3.08. The van der Waals surface area contributed by atoms with Crippen LogP contribution in [0.25, 0.3) is 23.0 Å². The van der Waals surface area contributed by atoms with Crippen LogP contribution in [0.1, 0.15) is 34.5 Å². The number of nitrogens with one attached hydrogen (secondary N) is 2. The molecule has 0 atom stereocenters. The van der Waals surface area contributed by atoms with Crippen LogP contribution in [0.3, 0.4) is 0 Å². The fourth-order valence-corrected chi connectivity index (χ4v) is 3.90. The standard InChI is InChI=1S/C19H15N5O4S/c25-16-5-9(18(26)23-16)3-10-7-20-24-15(21-12-1-2-12)6-13(22-17(10)24)11-4-14(19(27)28)29-8-11/h3-4,6-8,12,21H,1-2,5H2,(H,27,28)(H,23,25,26)/b9-3+. The number of hydrogen-bond acceptors (Lipinski definition) is 7. The van der Waals surface area contributed by atoms with E-state index >= 15 is 0 Å². The maximum absolute atomic E-state index is 11.9. The summed E-state index contributed by atoms with van der Waals surface area (Å²) in [5.74, 6) is -0.981. The number of aromatic nitrogens is 3. The van der Waals surface area contributed by atoms with E-state index in [1.807, 2.05) is 6.07 Å². The molecule has 2 fully saturated rings. The van der Waals surface area contributed by atoms with Gasteiger partial charge in [-0.25, -0.2) is 9.78 Å². The van der Waals surface area contributed by atoms with Gasteiger partial charge in [0, 0.05) is 34.2 Å². The van der Waals surface area contributed by atoms with Gasteiger partial charge in [-0.3, -0.25) is 14.9 Å². The van der Waals surface area contributed by atoms with Gasteiger partial charge in [0.15, 0.2) is 5.65 Å². The molecule has 1 aliphatic carbocycles. The number of carboxylic acids is 1. The van der Waals surface area contributed by atoms with Gasteiger partial charge >= 0.3 is 5.97 Å². The van der Waals surface area contributed by atoms with Gasteiger partial charge in [0.1, 0.15) is 10.7 Å². The lowest BCUT2D eigenvalue weighted by Crippen LogP contribution is -2.19. The van der Waals surface area contributed by atoms with Gasteiger partial charge in [-0.2, -0.15) is 9.61 Å². The predicted molar refractivity (Wildman–Crippen MR) is 106 cm³/mol. The van der Waals surface area contributed by atoms with E-state index in [9.17, 15) is 19.5 Å². The van der Waals surface area contributed by atoms with Crippen molar-refractivity contribution in [3.8, 4) is 11.3 Å². The molecular formula is C19H15N5O4S. The van der Waals surface area contributed by atoms with Crippen LogP contribution in [-0.2, 0) is 9.59 Å². The van der Waals surface area contributed by atoms with Crippen LogP contribution in [0, 0.1) is 0 Å². The number of fused-ring (bicyclic) bond motifs is 1. The van der Waals surface area contributed by atoms with E-state index in [-0.39, 0.29) is 17.2 Å². The second kappa shape index (κ2) is 6.52. The molecule has 1 saturated carbocycles. The van der Waals surface area contributed by atoms with E-state index < -0.39 is 11.9 Å². The summed E-state index contributed by atoms with van der Waals surface area (Å²) in [6, 6.07) is 3.80. The molecule has 3 aromatic heterocycles. The number of rotatable bonds is 5. The number of carbonyl (C=O) groups is 3. The van der Waals surface area contributed by atoms with Crippen molar-refractivity contribution in [1.82, 2.24) is 19.9 Å². The fourth-order valence-electron chi connectivity index (χ4n) is 3.16. The highest BCUT2D eigenvalue weighted by Crippen LogP contribution is 2.31. The lowest BCUT2D eigenvalue weighted by Gasteiger charge is -2.09. The lowest BCUT2D eigenvalue weighted by atomic mass is 10.1. The van der Waals surface area contributed by atoms with E-state index in [0.29, 0.717) is 34.1 Å². The molecule has 0 radical (unpaired) electrons. The van der Waals surface area contributed by atoms with E-state index in [1.54, 1.807) is 28.2 Å². The Hall–Kier alpha value is -3.53. The van der Waals surface area contributed by atoms with Gasteiger partial charge in [0.25, 0.3) is 5.91 Å². The second-order valence-electron chi connectivity index (χ2n) is 7.01. The summed E-state index contributed by atoms with van der Waals surface area (Å²) in [5, 5.41) is 21.0. The Morgan fingerprint density at radius 1 is 1.34 bits per heavy atom. The SMILES string of the molecule is O=C1C/C(=C\c2cnn3c(NC4CC4)cc(-c4csc(C(=O)O)c4)nc23)C(=O)N1. The summed E-state index contributed by atoms with van der Waals surface area (Å²) < 4.78 is 1.66. The van der Waals surface area contributed by atoms with Gasteiger partial charge in [0.05, 0.1) is 18.3 Å². The van der Waals surface area contributed by atoms with Crippen molar-refractivity contribution >= 4 is 46.7 Å². The summed E-state index contributed by atoms with van der Waals surface area (Å²) in [6.45, 7) is 0. The minimum absolute atomic E-state index is 0.0234. The molecule has 3 aromatic rings. The highest BCUT2D eigenvalue weighted by atomic mass is 32.1. The minimum Gasteiger partial charge on any atom is -0.477 e. The summed E-state index contributed by atoms with van der Waals surface area (Å²) in [7, 11) is 0. The maximum Gasteiger partial charge on any atom is 0.345 e. The third kappa shape index (κ3) is 3.27. The fraction of sp³-hybridized carbons (Fsp3) is 0.211. The highest BCUT2D eigenvalue weighted by Gasteiger charge is 2.26. The Labute approximate surface area is 168 Å². The van der Waals surface area contributed by atoms with Crippen LogP contribution in [-0.4, -0.2) is 43.5 Å². The Bertz CT molecular complexity index is 1220. The first-order valence-electron chi connectivity index (χ1n) is 9.00. The molecule has 4 heterocycles. The summed E-state index contributed by atoms with van der Waals surface area (Å²) >= 11 is 1.14. The molecule has 9 nitrogen and oxygen atoms in total. The summed E-state index contributed by atoms with van der Waals surface area (Å²) in [4.78, 5) is 39.5. The number of aromatic carboxylic acids is 1. The topological polar surface area (TPSA) is 126 Å². The quantitative estimate of drug-likeness (QED) is 0.435. The molecule has 0 unspecified atom stereocenters. The average molecular weight is 409 g/mol. The zero-order valence-electron chi connectivity index (χ0n) is 15.0. The predicted octanol–water partition coefficient (Wildman–Crippen LogP) is 2.16. The zero-order chi connectivity index (χ0) is 20.1. The number of imide groups is 1. The maximum atomic E-state index is 11.9. The molecule has 146 valence electrons. The van der Waals surface area contributed by atoms with Crippen LogP contribution in [0.5, 0.6) is 0 Å². The molecule has 0 aromatic carbocycles. The molecule has 5 rings (SSSR count). The van der Waals surface area contributed by atoms with E-state index in [2.05, 4.69) is 20.7 Å². The third-order valence-electron chi connectivity index (χ3n) is 4.76. The van der Waals surface area contributed by atoms with Gasteiger partial charge < -0.3 is 10.4 Å². The Kier molecular flexibility index (Phi) is 3.95. The number of anilines is 1. The Morgan fingerprint density at radius 3 is 2.83 bits per heavy atom. The molecule has 0 bridgehead atoms. The Balaban J connectivity index is 1.64. The van der Waals surface area contributed by atoms with Gasteiger partial charge in [-0.05, 0) is 25.0 Å². The molecule has 1 aliphatic heterocycles. The van der Waals surface area contributed by atoms with Gasteiger partial charge in [-0.1, -0.05) is 0 Å². The first-order valence-corrected chi connectivity index (χ1v) is 9.88. The first kappa shape index (κ1) is 17.6. The van der Waals surface area contributed by atoms with Crippen molar-refractivity contribution < 1.29 is 19.5 Å². The minimum atomic E-state index is -0.981. The van der Waals surface area contributed by atoms with Gasteiger partial charge in [-0.15, -0.1) is 11.3 Å². The highest BCUT2D eigenvalue weighted by molar-refractivity contribution is 7.12. The van der Waals surface area contributed by atoms with Gasteiger partial charge in [0.2, 0.25) is 5.91 Å². The lowest BCUT2D eigenvalue weighted by molar-refractivity contribution is -0.124. The molecule has 3 N–H and O–H groups in total. The van der Waals surface area contributed by atoms with Crippen LogP contribution < -0.4 is 10.6 Å². The van der Waals surface area contributed by atoms with E-state index in [1.165, 1.54) is 0 Å². The normalized spacial score (nSPS) is 17.9. The molecule has 29 heavy (non-hydrogen) atoms. The summed E-state index contributed by atoms with van der Waals surface area (Å²) in [5.41, 5.74) is 2.80. The number of carboxylic acid groups (broad SMARTS) is 1. The molecule has 10 heteroatoms. The largest absolute Gasteiger partial charge is 0.477 e. The van der Waals surface area contributed by atoms with Crippen LogP contribution in [0.4, 0.5) is 5.82 Å².